The molecular formula is C12H14N6O2. The summed E-state index contributed by atoms with van der Waals surface area (Å²) in [6.07, 6.45) is 0. The SMILES string of the molecule is CNC(=O)c1ccc(NC(=O)c2nc(N)n[nH]2)c(C)c1. The van der Waals surface area contributed by atoms with Gasteiger partial charge >= 0.3 is 0 Å². The van der Waals surface area contributed by atoms with E-state index in [9.17, 15) is 9.59 Å². The third-order valence-electron chi connectivity index (χ3n) is 2.68. The van der Waals surface area contributed by atoms with Crippen molar-refractivity contribution in [1.82, 2.24) is 20.5 Å². The topological polar surface area (TPSA) is 126 Å². The molecule has 0 saturated carbocycles. The van der Waals surface area contributed by atoms with E-state index in [0.29, 0.717) is 11.3 Å². The highest BCUT2D eigenvalue weighted by atomic mass is 16.2. The van der Waals surface area contributed by atoms with Gasteiger partial charge in [-0.15, -0.1) is 5.10 Å². The van der Waals surface area contributed by atoms with Crippen molar-refractivity contribution in [2.45, 2.75) is 6.92 Å². The Bertz CT molecular complexity index is 664. The fourth-order valence-electron chi connectivity index (χ4n) is 1.65. The second-order valence-corrected chi connectivity index (χ2v) is 4.11. The van der Waals surface area contributed by atoms with Crippen LogP contribution < -0.4 is 16.4 Å². The van der Waals surface area contributed by atoms with E-state index in [0.717, 1.165) is 5.56 Å². The Kier molecular flexibility index (Phi) is 3.65. The molecule has 0 fully saturated rings. The Morgan fingerprint density at radius 1 is 1.30 bits per heavy atom. The lowest BCUT2D eigenvalue weighted by atomic mass is 10.1. The number of nitrogen functional groups attached to an aromatic ring is 1. The van der Waals surface area contributed by atoms with Gasteiger partial charge in [0, 0.05) is 18.3 Å². The van der Waals surface area contributed by atoms with Crippen LogP contribution in [-0.2, 0) is 0 Å². The fraction of sp³-hybridized carbons (Fsp3) is 0.167. The van der Waals surface area contributed by atoms with Crippen molar-refractivity contribution < 1.29 is 9.59 Å². The largest absolute Gasteiger partial charge is 0.366 e. The van der Waals surface area contributed by atoms with Gasteiger partial charge in [0.25, 0.3) is 11.8 Å². The van der Waals surface area contributed by atoms with Crippen molar-refractivity contribution in [1.29, 1.82) is 0 Å². The van der Waals surface area contributed by atoms with Crippen molar-refractivity contribution in [2.24, 2.45) is 0 Å². The number of rotatable bonds is 3. The minimum Gasteiger partial charge on any atom is -0.366 e. The van der Waals surface area contributed by atoms with Crippen LogP contribution in [0, 0.1) is 6.92 Å². The lowest BCUT2D eigenvalue weighted by molar-refractivity contribution is 0.0962. The molecule has 0 aliphatic carbocycles. The highest BCUT2D eigenvalue weighted by Crippen LogP contribution is 2.17. The van der Waals surface area contributed by atoms with Gasteiger partial charge in [-0.1, -0.05) is 0 Å². The van der Waals surface area contributed by atoms with Crippen LogP contribution in [0.15, 0.2) is 18.2 Å². The maximum Gasteiger partial charge on any atom is 0.293 e. The number of aryl methyl sites for hydroxylation is 1. The van der Waals surface area contributed by atoms with Crippen LogP contribution in [0.5, 0.6) is 0 Å². The molecule has 0 saturated heterocycles. The Morgan fingerprint density at radius 3 is 2.60 bits per heavy atom. The van der Waals surface area contributed by atoms with Crippen LogP contribution in [0.2, 0.25) is 0 Å². The summed E-state index contributed by atoms with van der Waals surface area (Å²) in [4.78, 5) is 27.1. The quantitative estimate of drug-likeness (QED) is 0.640. The lowest BCUT2D eigenvalue weighted by Crippen LogP contribution is -2.18. The molecule has 5 N–H and O–H groups in total. The van der Waals surface area contributed by atoms with Crippen LogP contribution in [0.3, 0.4) is 0 Å². The van der Waals surface area contributed by atoms with Gasteiger partial charge in [-0.2, -0.15) is 4.98 Å². The monoisotopic (exact) mass is 274 g/mol. The number of anilines is 2. The summed E-state index contributed by atoms with van der Waals surface area (Å²) in [5.74, 6) is -0.613. The van der Waals surface area contributed by atoms with Crippen LogP contribution in [0.25, 0.3) is 0 Å². The average molecular weight is 274 g/mol. The molecule has 0 bridgehead atoms. The number of nitrogens with two attached hydrogens (primary N) is 1. The molecular weight excluding hydrogens is 260 g/mol. The maximum absolute atomic E-state index is 11.9. The first-order valence-corrected chi connectivity index (χ1v) is 5.83. The molecule has 2 aromatic rings. The Labute approximate surface area is 114 Å². The van der Waals surface area contributed by atoms with Crippen molar-refractivity contribution in [3.8, 4) is 0 Å². The lowest BCUT2D eigenvalue weighted by Gasteiger charge is -2.08. The smallest absolute Gasteiger partial charge is 0.293 e. The number of amides is 2. The molecule has 2 rings (SSSR count). The van der Waals surface area contributed by atoms with Gasteiger partial charge in [-0.3, -0.25) is 14.7 Å². The molecule has 0 aliphatic rings. The number of benzene rings is 1. The summed E-state index contributed by atoms with van der Waals surface area (Å²) >= 11 is 0. The molecule has 0 radical (unpaired) electrons. The molecule has 1 aromatic carbocycles. The highest BCUT2D eigenvalue weighted by molar-refractivity contribution is 6.02. The molecule has 8 heteroatoms. The Balaban J connectivity index is 2.18. The van der Waals surface area contributed by atoms with E-state index in [1.807, 2.05) is 0 Å². The third kappa shape index (κ3) is 2.74. The first-order chi connectivity index (χ1) is 9.51. The predicted molar refractivity (Wildman–Crippen MR) is 73.3 cm³/mol. The number of hydrogen-bond donors (Lipinski definition) is 4. The average Bonchev–Trinajstić information content (AvgIpc) is 2.86. The zero-order valence-corrected chi connectivity index (χ0v) is 11.0. The number of aromatic nitrogens is 3. The number of carbonyl (C=O) groups is 2. The van der Waals surface area contributed by atoms with Crippen molar-refractivity contribution in [3.63, 3.8) is 0 Å². The van der Waals surface area contributed by atoms with E-state index < -0.39 is 5.91 Å². The van der Waals surface area contributed by atoms with E-state index in [2.05, 4.69) is 25.8 Å². The number of H-pyrrole nitrogens is 1. The van der Waals surface area contributed by atoms with Crippen LogP contribution in [-0.4, -0.2) is 34.0 Å². The van der Waals surface area contributed by atoms with Gasteiger partial charge in [0.05, 0.1) is 0 Å². The summed E-state index contributed by atoms with van der Waals surface area (Å²) in [7, 11) is 1.56. The van der Waals surface area contributed by atoms with E-state index in [4.69, 9.17) is 5.73 Å². The number of hydrogen-bond acceptors (Lipinski definition) is 5. The number of carbonyl (C=O) groups excluding carboxylic acids is 2. The van der Waals surface area contributed by atoms with Gasteiger partial charge in [0.15, 0.2) is 0 Å². The summed E-state index contributed by atoms with van der Waals surface area (Å²) in [5, 5.41) is 11.2. The number of nitrogens with zero attached hydrogens (tertiary/aromatic N) is 2. The van der Waals surface area contributed by atoms with Gasteiger partial charge in [0.2, 0.25) is 11.8 Å². The van der Waals surface area contributed by atoms with Crippen LogP contribution >= 0.6 is 0 Å². The summed E-state index contributed by atoms with van der Waals surface area (Å²) < 4.78 is 0. The number of aromatic amines is 1. The minimum atomic E-state index is -0.454. The van der Waals surface area contributed by atoms with Crippen molar-refractivity contribution >= 4 is 23.5 Å². The highest BCUT2D eigenvalue weighted by Gasteiger charge is 2.13. The Hall–Kier alpha value is -2.90. The van der Waals surface area contributed by atoms with Crippen LogP contribution in [0.1, 0.15) is 26.5 Å². The van der Waals surface area contributed by atoms with E-state index >= 15 is 0 Å². The Morgan fingerprint density at radius 2 is 2.05 bits per heavy atom. The summed E-state index contributed by atoms with van der Waals surface area (Å²) in [6, 6.07) is 4.96. The number of nitrogens with one attached hydrogen (secondary N) is 3. The molecule has 0 atom stereocenters. The summed E-state index contributed by atoms with van der Waals surface area (Å²) in [6.45, 7) is 1.79. The molecule has 8 nitrogen and oxygen atoms in total. The first-order valence-electron chi connectivity index (χ1n) is 5.83. The molecule has 20 heavy (non-hydrogen) atoms. The second-order valence-electron chi connectivity index (χ2n) is 4.11. The summed E-state index contributed by atoms with van der Waals surface area (Å²) in [5.41, 5.74) is 7.19. The third-order valence-corrected chi connectivity index (χ3v) is 2.68. The molecule has 1 heterocycles. The molecule has 0 unspecified atom stereocenters. The van der Waals surface area contributed by atoms with Crippen molar-refractivity contribution in [3.05, 3.63) is 35.2 Å². The van der Waals surface area contributed by atoms with Crippen molar-refractivity contribution in [2.75, 3.05) is 18.1 Å². The van der Waals surface area contributed by atoms with Gasteiger partial charge in [-0.05, 0) is 30.7 Å². The van der Waals surface area contributed by atoms with E-state index in [1.165, 1.54) is 0 Å². The zero-order valence-electron chi connectivity index (χ0n) is 11.0. The standard InChI is InChI=1S/C12H14N6O2/c1-6-5-7(10(19)14-2)3-4-8(6)15-11(20)9-16-12(13)18-17-9/h3-5H,1-2H3,(H,14,19)(H,15,20)(H3,13,16,17,18). The van der Waals surface area contributed by atoms with Crippen LogP contribution in [0.4, 0.5) is 11.6 Å². The molecule has 2 amide bonds. The second kappa shape index (κ2) is 5.39. The molecule has 1 aromatic heterocycles. The first kappa shape index (κ1) is 13.5. The fourth-order valence-corrected chi connectivity index (χ4v) is 1.65. The van der Waals surface area contributed by atoms with E-state index in [1.54, 1.807) is 32.2 Å². The maximum atomic E-state index is 11.9. The molecule has 104 valence electrons. The normalized spacial score (nSPS) is 10.1. The van der Waals surface area contributed by atoms with Gasteiger partial charge in [-0.25, -0.2) is 0 Å². The predicted octanol–water partition coefficient (Wildman–Crippen LogP) is 0.307. The van der Waals surface area contributed by atoms with Gasteiger partial charge in [0.1, 0.15) is 0 Å². The molecule has 0 aliphatic heterocycles. The van der Waals surface area contributed by atoms with E-state index in [-0.39, 0.29) is 17.7 Å². The minimum absolute atomic E-state index is 0.00170. The molecule has 0 spiro atoms. The van der Waals surface area contributed by atoms with Gasteiger partial charge < -0.3 is 16.4 Å². The zero-order chi connectivity index (χ0) is 14.7.